The van der Waals surface area contributed by atoms with Gasteiger partial charge in [0.15, 0.2) is 12.2 Å². The van der Waals surface area contributed by atoms with Gasteiger partial charge < -0.3 is 33.8 Å². The van der Waals surface area contributed by atoms with Gasteiger partial charge >= 0.3 is 39.5 Å². The lowest BCUT2D eigenvalue weighted by Crippen LogP contribution is -2.30. The fourth-order valence-electron chi connectivity index (χ4n) is 12.4. The highest BCUT2D eigenvalue weighted by atomic mass is 31.2. The van der Waals surface area contributed by atoms with Crippen LogP contribution in [0.1, 0.15) is 415 Å². The number of esters is 4. The molecule has 0 aliphatic rings. The molecular formula is C81H158O17P2. The van der Waals surface area contributed by atoms with Crippen LogP contribution in [0, 0.1) is 23.7 Å². The Morgan fingerprint density at radius 2 is 0.420 bits per heavy atom. The molecule has 0 aliphatic carbocycles. The van der Waals surface area contributed by atoms with Gasteiger partial charge in [0.2, 0.25) is 0 Å². The van der Waals surface area contributed by atoms with E-state index in [0.717, 1.165) is 114 Å². The van der Waals surface area contributed by atoms with Crippen molar-refractivity contribution in [2.75, 3.05) is 39.6 Å². The van der Waals surface area contributed by atoms with Gasteiger partial charge in [-0.05, 0) is 49.4 Å². The third kappa shape index (κ3) is 74.3. The second-order valence-electron chi connectivity index (χ2n) is 31.1. The summed E-state index contributed by atoms with van der Waals surface area (Å²) >= 11 is 0. The minimum absolute atomic E-state index is 0.105. The Balaban J connectivity index is 5.21. The van der Waals surface area contributed by atoms with E-state index in [1.54, 1.807) is 0 Å². The highest BCUT2D eigenvalue weighted by Gasteiger charge is 2.30. The van der Waals surface area contributed by atoms with E-state index in [1.807, 2.05) is 0 Å². The molecule has 0 aromatic rings. The molecule has 2 unspecified atom stereocenters. The number of ether oxygens (including phenoxy) is 4. The van der Waals surface area contributed by atoms with Gasteiger partial charge in [-0.25, -0.2) is 9.13 Å². The van der Waals surface area contributed by atoms with E-state index in [0.29, 0.717) is 31.6 Å². The Morgan fingerprint density at radius 1 is 0.250 bits per heavy atom. The molecule has 0 heterocycles. The minimum Gasteiger partial charge on any atom is -0.462 e. The monoisotopic (exact) mass is 1470 g/mol. The lowest BCUT2D eigenvalue weighted by Gasteiger charge is -2.21. The number of phosphoric acid groups is 2. The van der Waals surface area contributed by atoms with Crippen LogP contribution < -0.4 is 0 Å². The van der Waals surface area contributed by atoms with Crippen LogP contribution in [0.4, 0.5) is 0 Å². The maximum Gasteiger partial charge on any atom is 0.472 e. The SMILES string of the molecule is CC(C)CCCCCCCCCCCCCCCCCCCCC(=O)O[C@H](COC(=O)CCCCCCCCCCCCCCCCC(C)C)COP(=O)(O)OC[C@@H](O)COP(=O)(O)OC[C@@H](COC(=O)CCCCCCCCC(C)C)OC(=O)CCCCCCCCCCCCC(C)C. The van der Waals surface area contributed by atoms with Crippen molar-refractivity contribution in [1.82, 2.24) is 0 Å². The number of aliphatic hydroxyl groups excluding tert-OH is 1. The molecule has 0 amide bonds. The van der Waals surface area contributed by atoms with Crippen LogP contribution in [0.15, 0.2) is 0 Å². The number of unbranched alkanes of at least 4 members (excludes halogenated alkanes) is 44. The Labute approximate surface area is 613 Å². The van der Waals surface area contributed by atoms with Gasteiger partial charge in [-0.2, -0.15) is 0 Å². The third-order valence-corrected chi connectivity index (χ3v) is 20.7. The molecule has 0 aromatic carbocycles. The number of carbonyl (C=O) groups excluding carboxylic acids is 4. The summed E-state index contributed by atoms with van der Waals surface area (Å²) in [5, 5.41) is 10.6. The molecule has 0 saturated carbocycles. The first-order valence-corrected chi connectivity index (χ1v) is 44.7. The van der Waals surface area contributed by atoms with Gasteiger partial charge in [0.25, 0.3) is 0 Å². The van der Waals surface area contributed by atoms with Crippen molar-refractivity contribution in [1.29, 1.82) is 0 Å². The molecule has 594 valence electrons. The fraction of sp³-hybridized carbons (Fsp3) is 0.951. The first-order chi connectivity index (χ1) is 48.1. The molecule has 100 heavy (non-hydrogen) atoms. The molecule has 0 fully saturated rings. The molecule has 0 saturated heterocycles. The Hall–Kier alpha value is -1.94. The summed E-state index contributed by atoms with van der Waals surface area (Å²) in [5.41, 5.74) is 0. The summed E-state index contributed by atoms with van der Waals surface area (Å²) in [4.78, 5) is 73.0. The van der Waals surface area contributed by atoms with Gasteiger partial charge in [0.1, 0.15) is 19.3 Å². The van der Waals surface area contributed by atoms with Crippen molar-refractivity contribution in [3.8, 4) is 0 Å². The molecular weight excluding hydrogens is 1310 g/mol. The molecule has 5 atom stereocenters. The van der Waals surface area contributed by atoms with Crippen molar-refractivity contribution in [3.05, 3.63) is 0 Å². The fourth-order valence-corrected chi connectivity index (χ4v) is 14.0. The van der Waals surface area contributed by atoms with Crippen molar-refractivity contribution in [2.24, 2.45) is 23.7 Å². The summed E-state index contributed by atoms with van der Waals surface area (Å²) < 4.78 is 68.7. The van der Waals surface area contributed by atoms with Crippen LogP contribution in [0.25, 0.3) is 0 Å². The normalized spacial score (nSPS) is 14.0. The summed E-state index contributed by atoms with van der Waals surface area (Å²) in [5.74, 6) is 0.934. The van der Waals surface area contributed by atoms with Gasteiger partial charge in [-0.1, -0.05) is 364 Å². The molecule has 0 spiro atoms. The summed E-state index contributed by atoms with van der Waals surface area (Å²) in [6.07, 6.45) is 57.1. The number of rotatable bonds is 78. The maximum atomic E-state index is 13.1. The topological polar surface area (TPSA) is 237 Å². The predicted octanol–water partition coefficient (Wildman–Crippen LogP) is 24.0. The Morgan fingerprint density at radius 3 is 0.620 bits per heavy atom. The second kappa shape index (κ2) is 70.1. The van der Waals surface area contributed by atoms with Crippen LogP contribution in [0.5, 0.6) is 0 Å². The molecule has 0 bridgehead atoms. The number of hydrogen-bond donors (Lipinski definition) is 3. The van der Waals surface area contributed by atoms with Crippen molar-refractivity contribution < 1.29 is 80.2 Å². The van der Waals surface area contributed by atoms with E-state index >= 15 is 0 Å². The Bertz CT molecular complexity index is 1950. The first-order valence-electron chi connectivity index (χ1n) is 41.7. The average Bonchev–Trinajstić information content (AvgIpc) is 0.925. The third-order valence-electron chi connectivity index (χ3n) is 18.8. The Kier molecular flexibility index (Phi) is 68.7. The van der Waals surface area contributed by atoms with Crippen LogP contribution in [0.3, 0.4) is 0 Å². The van der Waals surface area contributed by atoms with Crippen molar-refractivity contribution in [3.63, 3.8) is 0 Å². The largest absolute Gasteiger partial charge is 0.472 e. The highest BCUT2D eigenvalue weighted by molar-refractivity contribution is 7.47. The van der Waals surface area contributed by atoms with E-state index in [1.165, 1.54) is 212 Å². The van der Waals surface area contributed by atoms with E-state index in [4.69, 9.17) is 37.0 Å². The summed E-state index contributed by atoms with van der Waals surface area (Å²) in [7, 11) is -9.92. The van der Waals surface area contributed by atoms with E-state index in [-0.39, 0.29) is 25.7 Å². The highest BCUT2D eigenvalue weighted by Crippen LogP contribution is 2.45. The minimum atomic E-state index is -4.96. The molecule has 0 rings (SSSR count). The molecule has 3 N–H and O–H groups in total. The predicted molar refractivity (Wildman–Crippen MR) is 409 cm³/mol. The number of aliphatic hydroxyl groups is 1. The summed E-state index contributed by atoms with van der Waals surface area (Å²) in [6, 6.07) is 0. The van der Waals surface area contributed by atoms with Crippen LogP contribution in [-0.2, 0) is 65.4 Å². The zero-order valence-electron chi connectivity index (χ0n) is 65.8. The standard InChI is InChI=1S/C81H158O17P2/c1-71(2)57-49-41-33-27-21-17-13-11-9-10-12-14-20-24-31-37-47-55-63-80(85)97-76(67-91-78(83)61-53-45-36-30-23-19-16-15-18-22-28-34-42-50-58-72(3)4)69-95-99(87,88)93-65-75(82)66-94-100(89,90)96-70-77(68-92-79(84)62-54-46-40-39-44-52-60-74(7)8)98-81(86)64-56-48-38-32-26-25-29-35-43-51-59-73(5)6/h71-77,82H,9-70H2,1-8H3,(H,87,88)(H,89,90)/t75-,76-,77-/m1/s1. The van der Waals surface area contributed by atoms with Crippen LogP contribution in [0.2, 0.25) is 0 Å². The van der Waals surface area contributed by atoms with Gasteiger partial charge in [0, 0.05) is 25.7 Å². The zero-order chi connectivity index (χ0) is 73.8. The summed E-state index contributed by atoms with van der Waals surface area (Å²) in [6.45, 7) is 14.2. The lowest BCUT2D eigenvalue weighted by atomic mass is 10.0. The smallest absolute Gasteiger partial charge is 0.462 e. The molecule has 0 aliphatic heterocycles. The van der Waals surface area contributed by atoms with Gasteiger partial charge in [0.05, 0.1) is 26.4 Å². The molecule has 17 nitrogen and oxygen atoms in total. The number of hydrogen-bond acceptors (Lipinski definition) is 15. The van der Waals surface area contributed by atoms with E-state index < -0.39 is 97.5 Å². The quantitative estimate of drug-likeness (QED) is 0.0222. The molecule has 0 aromatic heterocycles. The molecule has 19 heteroatoms. The van der Waals surface area contributed by atoms with E-state index in [9.17, 15) is 43.2 Å². The number of carbonyl (C=O) groups is 4. The average molecular weight is 1470 g/mol. The second-order valence-corrected chi connectivity index (χ2v) is 34.0. The van der Waals surface area contributed by atoms with Gasteiger partial charge in [-0.3, -0.25) is 37.3 Å². The van der Waals surface area contributed by atoms with Crippen molar-refractivity contribution in [2.45, 2.75) is 433 Å². The lowest BCUT2D eigenvalue weighted by molar-refractivity contribution is -0.161. The van der Waals surface area contributed by atoms with Gasteiger partial charge in [-0.15, -0.1) is 0 Å². The number of phosphoric ester groups is 2. The maximum absolute atomic E-state index is 13.1. The zero-order valence-corrected chi connectivity index (χ0v) is 67.6. The van der Waals surface area contributed by atoms with Crippen molar-refractivity contribution >= 4 is 39.5 Å². The molecule has 0 radical (unpaired) electrons. The van der Waals surface area contributed by atoms with Crippen LogP contribution in [-0.4, -0.2) is 96.7 Å². The van der Waals surface area contributed by atoms with Crippen LogP contribution >= 0.6 is 15.6 Å². The first kappa shape index (κ1) is 98.1. The van der Waals surface area contributed by atoms with E-state index in [2.05, 4.69) is 55.4 Å².